The molecule has 0 bridgehead atoms. The van der Waals surface area contributed by atoms with Crippen molar-refractivity contribution in [2.24, 2.45) is 0 Å². The summed E-state index contributed by atoms with van der Waals surface area (Å²) in [6.45, 7) is 3.91. The number of imidazole rings is 1. The Morgan fingerprint density at radius 1 is 0.952 bits per heavy atom. The maximum absolute atomic E-state index is 4.52. The van der Waals surface area contributed by atoms with Gasteiger partial charge in [0.15, 0.2) is 0 Å². The fraction of sp³-hybridized carbons (Fsp3) is 0.158. The van der Waals surface area contributed by atoms with Gasteiger partial charge in [0.05, 0.1) is 18.1 Å². The van der Waals surface area contributed by atoms with E-state index >= 15 is 0 Å². The summed E-state index contributed by atoms with van der Waals surface area (Å²) in [5.41, 5.74) is 6.51. The fourth-order valence-corrected chi connectivity index (χ4v) is 3.28. The molecule has 1 aromatic heterocycles. The molecular formula is C19H17N2. The second-order valence-corrected chi connectivity index (χ2v) is 5.49. The highest BCUT2D eigenvalue weighted by Gasteiger charge is 2.29. The molecule has 0 fully saturated rings. The van der Waals surface area contributed by atoms with Gasteiger partial charge in [0, 0.05) is 6.20 Å². The maximum atomic E-state index is 4.52. The molecule has 21 heavy (non-hydrogen) atoms. The van der Waals surface area contributed by atoms with Crippen molar-refractivity contribution in [3.8, 4) is 11.1 Å². The van der Waals surface area contributed by atoms with E-state index < -0.39 is 0 Å². The van der Waals surface area contributed by atoms with Crippen LogP contribution < -0.4 is 0 Å². The van der Waals surface area contributed by atoms with Gasteiger partial charge in [-0.1, -0.05) is 55.5 Å². The highest BCUT2D eigenvalue weighted by Crippen LogP contribution is 2.45. The van der Waals surface area contributed by atoms with Crippen molar-refractivity contribution in [1.29, 1.82) is 0 Å². The highest BCUT2D eigenvalue weighted by atomic mass is 15.1. The van der Waals surface area contributed by atoms with E-state index in [1.54, 1.807) is 0 Å². The molecule has 0 saturated carbocycles. The first-order valence-electron chi connectivity index (χ1n) is 7.38. The Kier molecular flexibility index (Phi) is 2.88. The van der Waals surface area contributed by atoms with Crippen LogP contribution in [0.3, 0.4) is 0 Å². The molecule has 1 aliphatic carbocycles. The van der Waals surface area contributed by atoms with Gasteiger partial charge in [0.25, 0.3) is 0 Å². The van der Waals surface area contributed by atoms with E-state index in [1.165, 1.54) is 22.3 Å². The second kappa shape index (κ2) is 4.88. The zero-order valence-electron chi connectivity index (χ0n) is 11.9. The van der Waals surface area contributed by atoms with E-state index in [2.05, 4.69) is 71.2 Å². The molecule has 2 nitrogen and oxygen atoms in total. The van der Waals surface area contributed by atoms with Gasteiger partial charge < -0.3 is 4.57 Å². The number of nitrogens with zero attached hydrogens (tertiary/aromatic N) is 2. The zero-order valence-corrected chi connectivity index (χ0v) is 11.9. The lowest BCUT2D eigenvalue weighted by Gasteiger charge is -2.15. The summed E-state index contributed by atoms with van der Waals surface area (Å²) < 4.78 is 2.23. The van der Waals surface area contributed by atoms with E-state index in [4.69, 9.17) is 0 Å². The minimum Gasteiger partial charge on any atom is -0.326 e. The first-order valence-corrected chi connectivity index (χ1v) is 7.38. The highest BCUT2D eigenvalue weighted by molar-refractivity contribution is 5.78. The third-order valence-corrected chi connectivity index (χ3v) is 4.19. The van der Waals surface area contributed by atoms with Gasteiger partial charge in [0.2, 0.25) is 0 Å². The normalized spacial score (nSPS) is 13.2. The van der Waals surface area contributed by atoms with Crippen LogP contribution in [-0.2, 0) is 6.42 Å². The van der Waals surface area contributed by atoms with Crippen molar-refractivity contribution in [3.63, 3.8) is 0 Å². The van der Waals surface area contributed by atoms with Crippen LogP contribution in [0, 0.1) is 6.92 Å². The summed E-state index contributed by atoms with van der Waals surface area (Å²) in [5.74, 6) is 0. The van der Waals surface area contributed by atoms with Crippen LogP contribution in [-0.4, -0.2) is 9.55 Å². The van der Waals surface area contributed by atoms with Gasteiger partial charge in [0.1, 0.15) is 0 Å². The third kappa shape index (κ3) is 1.90. The minimum atomic E-state index is 0.239. The lowest BCUT2D eigenvalue weighted by Crippen LogP contribution is -2.07. The summed E-state index contributed by atoms with van der Waals surface area (Å²) in [6.07, 6.45) is 5.93. The molecule has 0 amide bonds. The predicted molar refractivity (Wildman–Crippen MR) is 85.0 cm³/mol. The van der Waals surface area contributed by atoms with Crippen LogP contribution in [0.4, 0.5) is 0 Å². The molecule has 1 radical (unpaired) electrons. The molecule has 0 aliphatic heterocycles. The van der Waals surface area contributed by atoms with E-state index in [0.29, 0.717) is 0 Å². The Balaban J connectivity index is 1.88. The Morgan fingerprint density at radius 3 is 2.19 bits per heavy atom. The first kappa shape index (κ1) is 12.4. The van der Waals surface area contributed by atoms with Gasteiger partial charge in [-0.2, -0.15) is 0 Å². The second-order valence-electron chi connectivity index (χ2n) is 5.49. The van der Waals surface area contributed by atoms with Crippen LogP contribution in [0.1, 0.15) is 29.3 Å². The van der Waals surface area contributed by atoms with E-state index in [0.717, 1.165) is 18.5 Å². The van der Waals surface area contributed by atoms with Crippen molar-refractivity contribution in [3.05, 3.63) is 84.8 Å². The molecule has 1 aliphatic rings. The molecule has 103 valence electrons. The van der Waals surface area contributed by atoms with E-state index in [1.807, 2.05) is 6.33 Å². The number of benzene rings is 2. The topological polar surface area (TPSA) is 17.8 Å². The molecule has 0 spiro atoms. The van der Waals surface area contributed by atoms with Gasteiger partial charge in [-0.05, 0) is 35.1 Å². The van der Waals surface area contributed by atoms with Crippen molar-refractivity contribution < 1.29 is 0 Å². The average molecular weight is 273 g/mol. The Hall–Kier alpha value is -2.35. The summed E-state index contributed by atoms with van der Waals surface area (Å²) in [4.78, 5) is 4.52. The van der Waals surface area contributed by atoms with E-state index in [-0.39, 0.29) is 6.04 Å². The number of aryl methyl sites for hydroxylation is 1. The summed E-state index contributed by atoms with van der Waals surface area (Å²) in [6, 6.07) is 17.6. The van der Waals surface area contributed by atoms with Crippen LogP contribution in [0.15, 0.2) is 61.1 Å². The molecular weight excluding hydrogens is 256 g/mol. The summed E-state index contributed by atoms with van der Waals surface area (Å²) in [7, 11) is 0. The average Bonchev–Trinajstić information content (AvgIpc) is 3.10. The minimum absolute atomic E-state index is 0.239. The predicted octanol–water partition coefficient (Wildman–Crippen LogP) is 4.27. The smallest absolute Gasteiger partial charge is 0.0957 e. The lowest BCUT2D eigenvalue weighted by atomic mass is 10.1. The van der Waals surface area contributed by atoms with Crippen molar-refractivity contribution in [2.75, 3.05) is 0 Å². The summed E-state index contributed by atoms with van der Waals surface area (Å²) in [5, 5.41) is 0. The van der Waals surface area contributed by atoms with Gasteiger partial charge in [-0.15, -0.1) is 0 Å². The molecule has 4 rings (SSSR count). The largest absolute Gasteiger partial charge is 0.326 e. The molecule has 0 atom stereocenters. The fourth-order valence-electron chi connectivity index (χ4n) is 3.28. The molecule has 0 N–H and O–H groups in total. The Labute approximate surface area is 125 Å². The number of hydrogen-bond acceptors (Lipinski definition) is 1. The van der Waals surface area contributed by atoms with Crippen LogP contribution in [0.5, 0.6) is 0 Å². The Morgan fingerprint density at radius 2 is 1.57 bits per heavy atom. The van der Waals surface area contributed by atoms with Crippen molar-refractivity contribution in [2.45, 2.75) is 18.9 Å². The van der Waals surface area contributed by atoms with Gasteiger partial charge >= 0.3 is 0 Å². The number of hydrogen-bond donors (Lipinski definition) is 0. The molecule has 2 aromatic carbocycles. The third-order valence-electron chi connectivity index (χ3n) is 4.19. The first-order chi connectivity index (χ1) is 10.4. The molecule has 0 unspecified atom stereocenters. The van der Waals surface area contributed by atoms with Gasteiger partial charge in [-0.3, -0.25) is 0 Å². The molecule has 3 aromatic rings. The number of rotatable bonds is 3. The Bertz CT molecular complexity index is 740. The molecule has 0 saturated heterocycles. The standard InChI is InChI=1S/C19H17N2/c1-2-7-14-12-21(13-20-14)19-17-10-5-3-8-15(17)16-9-4-6-11-18(16)19/h3-6,8-13,19H,1-2,7H2. The van der Waals surface area contributed by atoms with Crippen molar-refractivity contribution >= 4 is 0 Å². The SMILES string of the molecule is [CH2]CCc1cn(C2c3ccccc3-c3ccccc32)cn1. The quantitative estimate of drug-likeness (QED) is 0.545. The zero-order chi connectivity index (χ0) is 14.2. The maximum Gasteiger partial charge on any atom is 0.0957 e. The van der Waals surface area contributed by atoms with Crippen LogP contribution in [0.25, 0.3) is 11.1 Å². The molecule has 2 heteroatoms. The summed E-state index contributed by atoms with van der Waals surface area (Å²) >= 11 is 0. The van der Waals surface area contributed by atoms with Gasteiger partial charge in [-0.25, -0.2) is 4.98 Å². The van der Waals surface area contributed by atoms with Crippen LogP contribution in [0.2, 0.25) is 0 Å². The number of aromatic nitrogens is 2. The lowest BCUT2D eigenvalue weighted by molar-refractivity contribution is 0.690. The monoisotopic (exact) mass is 273 g/mol. The van der Waals surface area contributed by atoms with Crippen molar-refractivity contribution in [1.82, 2.24) is 9.55 Å². The molecule has 1 heterocycles. The van der Waals surface area contributed by atoms with E-state index in [9.17, 15) is 0 Å². The van der Waals surface area contributed by atoms with Crippen LogP contribution >= 0.6 is 0 Å². The number of fused-ring (bicyclic) bond motifs is 3.